The maximum atomic E-state index is 12.4. The van der Waals surface area contributed by atoms with Crippen LogP contribution in [0, 0.1) is 5.41 Å². The average molecular weight is 279 g/mol. The third kappa shape index (κ3) is 2.82. The van der Waals surface area contributed by atoms with Crippen LogP contribution in [-0.2, 0) is 9.59 Å². The Kier molecular flexibility index (Phi) is 3.96. The second-order valence-electron chi connectivity index (χ2n) is 6.62. The molecule has 5 heteroatoms. The van der Waals surface area contributed by atoms with Crippen molar-refractivity contribution in [3.05, 3.63) is 0 Å². The van der Waals surface area contributed by atoms with Gasteiger partial charge in [0.05, 0.1) is 6.54 Å². The van der Waals surface area contributed by atoms with E-state index in [4.69, 9.17) is 0 Å². The zero-order valence-corrected chi connectivity index (χ0v) is 12.2. The summed E-state index contributed by atoms with van der Waals surface area (Å²) < 4.78 is 0. The van der Waals surface area contributed by atoms with Gasteiger partial charge in [-0.05, 0) is 38.6 Å². The molecule has 3 saturated heterocycles. The van der Waals surface area contributed by atoms with Crippen molar-refractivity contribution < 1.29 is 9.59 Å². The number of nitrogens with zero attached hydrogens (tertiary/aromatic N) is 2. The Balaban J connectivity index is 1.58. The number of hydrogen-bond donors (Lipinski definition) is 1. The molecule has 3 aliphatic rings. The minimum Gasteiger partial charge on any atom is -0.341 e. The highest BCUT2D eigenvalue weighted by Gasteiger charge is 2.38. The summed E-state index contributed by atoms with van der Waals surface area (Å²) in [6, 6.07) is 0. The van der Waals surface area contributed by atoms with E-state index in [1.165, 1.54) is 19.3 Å². The molecule has 0 aromatic rings. The molecule has 5 nitrogen and oxygen atoms in total. The molecule has 2 amide bonds. The average Bonchev–Trinajstić information content (AvgIpc) is 2.85. The van der Waals surface area contributed by atoms with Gasteiger partial charge in [-0.2, -0.15) is 0 Å². The third-order valence-electron chi connectivity index (χ3n) is 5.07. The molecule has 3 rings (SSSR count). The standard InChI is InChI=1S/C15H25N3O2/c19-13-4-1-8-17(13)10-14(20)18-9-3-6-15(12-18)5-2-7-16-11-15/h16H,1-12H2. The lowest BCUT2D eigenvalue weighted by molar-refractivity contribution is -0.141. The predicted molar refractivity (Wildman–Crippen MR) is 76.2 cm³/mol. The number of carbonyl (C=O) groups excluding carboxylic acids is 2. The molecular weight excluding hydrogens is 254 g/mol. The van der Waals surface area contributed by atoms with Crippen LogP contribution >= 0.6 is 0 Å². The SMILES string of the molecule is O=C1CCCN1CC(=O)N1CCCC2(CCCNC2)C1. The van der Waals surface area contributed by atoms with Crippen molar-refractivity contribution in [2.45, 2.75) is 38.5 Å². The topological polar surface area (TPSA) is 52.7 Å². The van der Waals surface area contributed by atoms with Gasteiger partial charge in [0.2, 0.25) is 11.8 Å². The monoisotopic (exact) mass is 279 g/mol. The van der Waals surface area contributed by atoms with Crippen molar-refractivity contribution >= 4 is 11.8 Å². The molecule has 1 spiro atoms. The Morgan fingerprint density at radius 3 is 2.75 bits per heavy atom. The number of carbonyl (C=O) groups is 2. The van der Waals surface area contributed by atoms with Crippen molar-refractivity contribution in [1.82, 2.24) is 15.1 Å². The first-order valence-corrected chi connectivity index (χ1v) is 7.95. The van der Waals surface area contributed by atoms with Gasteiger partial charge in [0.1, 0.15) is 0 Å². The number of rotatable bonds is 2. The van der Waals surface area contributed by atoms with E-state index in [0.717, 1.165) is 45.6 Å². The van der Waals surface area contributed by atoms with Crippen molar-refractivity contribution in [3.8, 4) is 0 Å². The lowest BCUT2D eigenvalue weighted by Gasteiger charge is -2.45. The Morgan fingerprint density at radius 1 is 1.20 bits per heavy atom. The predicted octanol–water partition coefficient (Wildman–Crippen LogP) is 0.601. The fourth-order valence-corrected chi connectivity index (χ4v) is 3.93. The number of hydrogen-bond acceptors (Lipinski definition) is 3. The van der Waals surface area contributed by atoms with Crippen molar-refractivity contribution in [2.24, 2.45) is 5.41 Å². The van der Waals surface area contributed by atoms with Gasteiger partial charge in [0, 0.05) is 38.0 Å². The molecule has 3 heterocycles. The summed E-state index contributed by atoms with van der Waals surface area (Å²) in [5, 5.41) is 3.48. The maximum absolute atomic E-state index is 12.4. The van der Waals surface area contributed by atoms with E-state index in [0.29, 0.717) is 18.4 Å². The highest BCUT2D eigenvalue weighted by atomic mass is 16.2. The molecule has 0 radical (unpaired) electrons. The Hall–Kier alpha value is -1.10. The number of amides is 2. The van der Waals surface area contributed by atoms with Crippen LogP contribution in [0.2, 0.25) is 0 Å². The molecule has 0 aromatic carbocycles. The molecule has 3 fully saturated rings. The van der Waals surface area contributed by atoms with E-state index in [1.54, 1.807) is 4.90 Å². The summed E-state index contributed by atoms with van der Waals surface area (Å²) in [6.07, 6.45) is 6.29. The van der Waals surface area contributed by atoms with Gasteiger partial charge in [-0.1, -0.05) is 0 Å². The molecule has 0 bridgehead atoms. The van der Waals surface area contributed by atoms with Crippen molar-refractivity contribution in [2.75, 3.05) is 39.3 Å². The van der Waals surface area contributed by atoms with E-state index in [-0.39, 0.29) is 11.8 Å². The molecule has 0 aromatic heterocycles. The van der Waals surface area contributed by atoms with Gasteiger partial charge in [0.15, 0.2) is 0 Å². The zero-order chi connectivity index (χ0) is 14.0. The van der Waals surface area contributed by atoms with Gasteiger partial charge in [0.25, 0.3) is 0 Å². The first-order chi connectivity index (χ1) is 9.69. The minimum absolute atomic E-state index is 0.143. The van der Waals surface area contributed by atoms with Crippen molar-refractivity contribution in [3.63, 3.8) is 0 Å². The highest BCUT2D eigenvalue weighted by Crippen LogP contribution is 2.35. The summed E-state index contributed by atoms with van der Waals surface area (Å²) in [5.41, 5.74) is 0.293. The lowest BCUT2D eigenvalue weighted by Crippen LogP contribution is -2.54. The van der Waals surface area contributed by atoms with E-state index in [1.807, 2.05) is 4.90 Å². The van der Waals surface area contributed by atoms with E-state index < -0.39 is 0 Å². The van der Waals surface area contributed by atoms with Crippen LogP contribution in [0.3, 0.4) is 0 Å². The summed E-state index contributed by atoms with van der Waals surface area (Å²) in [4.78, 5) is 27.8. The minimum atomic E-state index is 0.143. The fourth-order valence-electron chi connectivity index (χ4n) is 3.93. The zero-order valence-electron chi connectivity index (χ0n) is 12.2. The van der Waals surface area contributed by atoms with E-state index >= 15 is 0 Å². The molecule has 1 unspecified atom stereocenters. The number of piperidine rings is 2. The molecule has 3 aliphatic heterocycles. The van der Waals surface area contributed by atoms with Gasteiger partial charge >= 0.3 is 0 Å². The van der Waals surface area contributed by atoms with Crippen LogP contribution in [0.25, 0.3) is 0 Å². The largest absolute Gasteiger partial charge is 0.341 e. The molecule has 1 N–H and O–H groups in total. The number of nitrogens with one attached hydrogen (secondary N) is 1. The smallest absolute Gasteiger partial charge is 0.242 e. The molecule has 20 heavy (non-hydrogen) atoms. The van der Waals surface area contributed by atoms with Crippen LogP contribution in [0.1, 0.15) is 38.5 Å². The maximum Gasteiger partial charge on any atom is 0.242 e. The van der Waals surface area contributed by atoms with Crippen molar-refractivity contribution in [1.29, 1.82) is 0 Å². The highest BCUT2D eigenvalue weighted by molar-refractivity contribution is 5.86. The first kappa shape index (κ1) is 13.9. The molecule has 1 atom stereocenters. The van der Waals surface area contributed by atoms with Gasteiger partial charge in [-0.15, -0.1) is 0 Å². The second-order valence-corrected chi connectivity index (χ2v) is 6.62. The van der Waals surface area contributed by atoms with Gasteiger partial charge < -0.3 is 15.1 Å². The first-order valence-electron chi connectivity index (χ1n) is 7.95. The Labute approximate surface area is 120 Å². The third-order valence-corrected chi connectivity index (χ3v) is 5.07. The lowest BCUT2D eigenvalue weighted by atomic mass is 9.74. The normalized spacial score (nSPS) is 31.1. The van der Waals surface area contributed by atoms with E-state index in [9.17, 15) is 9.59 Å². The summed E-state index contributed by atoms with van der Waals surface area (Å²) in [6.45, 7) is 4.94. The summed E-state index contributed by atoms with van der Waals surface area (Å²) >= 11 is 0. The summed E-state index contributed by atoms with van der Waals surface area (Å²) in [7, 11) is 0. The van der Waals surface area contributed by atoms with Crippen LogP contribution in [-0.4, -0.2) is 60.9 Å². The van der Waals surface area contributed by atoms with Crippen LogP contribution in [0.5, 0.6) is 0 Å². The Bertz CT molecular complexity index is 385. The molecule has 112 valence electrons. The summed E-state index contributed by atoms with van der Waals surface area (Å²) in [5.74, 6) is 0.286. The van der Waals surface area contributed by atoms with Crippen LogP contribution < -0.4 is 5.32 Å². The van der Waals surface area contributed by atoms with E-state index in [2.05, 4.69) is 5.32 Å². The van der Waals surface area contributed by atoms with Crippen LogP contribution in [0.4, 0.5) is 0 Å². The molecule has 0 saturated carbocycles. The quantitative estimate of drug-likeness (QED) is 0.805. The Morgan fingerprint density at radius 2 is 2.05 bits per heavy atom. The number of likely N-dealkylation sites (tertiary alicyclic amines) is 2. The fraction of sp³-hybridized carbons (Fsp3) is 0.867. The molecular formula is C15H25N3O2. The van der Waals surface area contributed by atoms with Gasteiger partial charge in [-0.3, -0.25) is 9.59 Å². The van der Waals surface area contributed by atoms with Gasteiger partial charge in [-0.25, -0.2) is 0 Å². The van der Waals surface area contributed by atoms with Crippen LogP contribution in [0.15, 0.2) is 0 Å². The molecule has 0 aliphatic carbocycles. The second kappa shape index (κ2) is 5.72.